The normalized spacial score (nSPS) is 11.6. The zero-order chi connectivity index (χ0) is 25.9. The molecule has 0 bridgehead atoms. The highest BCUT2D eigenvalue weighted by Gasteiger charge is 2.20. The first kappa shape index (κ1) is 23.6. The summed E-state index contributed by atoms with van der Waals surface area (Å²) < 4.78 is 7.11. The third-order valence-corrected chi connectivity index (χ3v) is 6.18. The summed E-state index contributed by atoms with van der Waals surface area (Å²) in [6.07, 6.45) is 1.38. The Morgan fingerprint density at radius 1 is 1.05 bits per heavy atom. The second-order valence-electron chi connectivity index (χ2n) is 8.49. The third-order valence-electron chi connectivity index (χ3n) is 6.18. The lowest BCUT2D eigenvalue weighted by molar-refractivity contribution is 0.415. The van der Waals surface area contributed by atoms with Crippen molar-refractivity contribution in [2.75, 3.05) is 18.2 Å². The minimum absolute atomic E-state index is 0.0593. The summed E-state index contributed by atoms with van der Waals surface area (Å²) in [5.74, 6) is 1.09. The number of hydrogen-bond acceptors (Lipinski definition) is 6. The molecule has 0 fully saturated rings. The van der Waals surface area contributed by atoms with Crippen LogP contribution in [0.3, 0.4) is 0 Å². The van der Waals surface area contributed by atoms with Gasteiger partial charge in [0.1, 0.15) is 11.6 Å². The predicted molar refractivity (Wildman–Crippen MR) is 146 cm³/mol. The number of anilines is 2. The van der Waals surface area contributed by atoms with E-state index in [4.69, 9.17) is 17.0 Å². The van der Waals surface area contributed by atoms with Gasteiger partial charge in [0.05, 0.1) is 25.1 Å². The number of fused-ring (bicyclic) bond motifs is 1. The topological polar surface area (TPSA) is 99.4 Å². The fourth-order valence-electron chi connectivity index (χ4n) is 4.43. The molecule has 5 rings (SSSR count). The van der Waals surface area contributed by atoms with E-state index in [0.29, 0.717) is 22.6 Å². The summed E-state index contributed by atoms with van der Waals surface area (Å²) in [5.41, 5.74) is 9.01. The highest BCUT2D eigenvalue weighted by Crippen LogP contribution is 2.32. The monoisotopic (exact) mass is 488 g/mol. The molecule has 3 aromatic carbocycles. The zero-order valence-electron chi connectivity index (χ0n) is 20.3. The highest BCUT2D eigenvalue weighted by molar-refractivity contribution is 5.96. The zero-order valence-corrected chi connectivity index (χ0v) is 20.3. The first-order valence-electron chi connectivity index (χ1n) is 11.6. The number of hydrogen-bond donors (Lipinski definition) is 2. The molecule has 0 unspecified atom stereocenters. The van der Waals surface area contributed by atoms with Crippen molar-refractivity contribution in [1.29, 1.82) is 0 Å². The van der Waals surface area contributed by atoms with E-state index < -0.39 is 6.04 Å². The van der Waals surface area contributed by atoms with E-state index >= 15 is 0 Å². The number of ether oxygens (including phenoxy) is 1. The van der Waals surface area contributed by atoms with Crippen LogP contribution < -0.4 is 21.3 Å². The fourth-order valence-corrected chi connectivity index (χ4v) is 4.43. The van der Waals surface area contributed by atoms with E-state index in [1.54, 1.807) is 11.7 Å². The van der Waals surface area contributed by atoms with Crippen LogP contribution in [0.25, 0.3) is 32.4 Å². The maximum Gasteiger partial charge on any atom is 0.263 e. The van der Waals surface area contributed by atoms with Crippen LogP contribution in [0.4, 0.5) is 17.5 Å². The number of para-hydroxylation sites is 1. The van der Waals surface area contributed by atoms with Crippen LogP contribution in [0.5, 0.6) is 5.75 Å². The Bertz CT molecular complexity index is 1710. The Kier molecular flexibility index (Phi) is 6.27. The molecule has 5 aromatic rings. The van der Waals surface area contributed by atoms with Gasteiger partial charge >= 0.3 is 0 Å². The molecule has 0 saturated carbocycles. The molecule has 0 aliphatic carbocycles. The molecule has 3 N–H and O–H groups in total. The SMILES string of the molecule is [C-]#[N+]c1cnc(N)nc1N[C@@H](C)c1cc2cccc(-c3cccc(OC)c3)c2c(=O)n1-c1ccccc1. The molecule has 1 atom stereocenters. The van der Waals surface area contributed by atoms with Gasteiger partial charge < -0.3 is 15.8 Å². The third kappa shape index (κ3) is 4.46. The van der Waals surface area contributed by atoms with Crippen LogP contribution in [-0.2, 0) is 0 Å². The van der Waals surface area contributed by atoms with Crippen molar-refractivity contribution in [3.05, 3.63) is 113 Å². The highest BCUT2D eigenvalue weighted by atomic mass is 16.5. The van der Waals surface area contributed by atoms with E-state index in [0.717, 1.165) is 22.2 Å². The molecule has 182 valence electrons. The van der Waals surface area contributed by atoms with Gasteiger partial charge in [0, 0.05) is 17.6 Å². The van der Waals surface area contributed by atoms with E-state index in [1.807, 2.05) is 85.8 Å². The average Bonchev–Trinajstić information content (AvgIpc) is 2.93. The summed E-state index contributed by atoms with van der Waals surface area (Å²) >= 11 is 0. The van der Waals surface area contributed by atoms with Gasteiger partial charge in [-0.1, -0.05) is 48.5 Å². The van der Waals surface area contributed by atoms with E-state index in [2.05, 4.69) is 20.1 Å². The van der Waals surface area contributed by atoms with Crippen LogP contribution in [0.1, 0.15) is 18.7 Å². The number of pyridine rings is 1. The molecule has 0 amide bonds. The van der Waals surface area contributed by atoms with Crippen LogP contribution in [0, 0.1) is 6.57 Å². The first-order valence-corrected chi connectivity index (χ1v) is 11.6. The van der Waals surface area contributed by atoms with Gasteiger partial charge in [-0.15, -0.1) is 0 Å². The molecular formula is C29H24N6O2. The average molecular weight is 489 g/mol. The van der Waals surface area contributed by atoms with E-state index in [-0.39, 0.29) is 17.2 Å². The quantitative estimate of drug-likeness (QED) is 0.295. The van der Waals surface area contributed by atoms with E-state index in [1.165, 1.54) is 6.20 Å². The largest absolute Gasteiger partial charge is 0.497 e. The molecule has 2 aromatic heterocycles. The number of rotatable bonds is 6. The molecule has 0 spiro atoms. The molecule has 37 heavy (non-hydrogen) atoms. The summed E-state index contributed by atoms with van der Waals surface area (Å²) in [5, 5.41) is 4.66. The molecule has 8 nitrogen and oxygen atoms in total. The lowest BCUT2D eigenvalue weighted by atomic mass is 9.97. The molecule has 2 heterocycles. The van der Waals surface area contributed by atoms with Crippen molar-refractivity contribution in [1.82, 2.24) is 14.5 Å². The Morgan fingerprint density at radius 3 is 2.59 bits per heavy atom. The van der Waals surface area contributed by atoms with Gasteiger partial charge in [-0.05, 0) is 53.8 Å². The van der Waals surface area contributed by atoms with Crippen molar-refractivity contribution >= 4 is 28.2 Å². The lowest BCUT2D eigenvalue weighted by Gasteiger charge is -2.22. The van der Waals surface area contributed by atoms with Gasteiger partial charge in [-0.3, -0.25) is 9.36 Å². The molecule has 0 radical (unpaired) electrons. The van der Waals surface area contributed by atoms with Crippen LogP contribution in [0.15, 0.2) is 89.9 Å². The smallest absolute Gasteiger partial charge is 0.263 e. The lowest BCUT2D eigenvalue weighted by Crippen LogP contribution is -2.26. The molecular weight excluding hydrogens is 464 g/mol. The first-order chi connectivity index (χ1) is 18.0. The van der Waals surface area contributed by atoms with E-state index in [9.17, 15) is 4.79 Å². The van der Waals surface area contributed by atoms with Crippen molar-refractivity contribution in [3.63, 3.8) is 0 Å². The number of methoxy groups -OCH3 is 1. The van der Waals surface area contributed by atoms with Crippen LogP contribution in [0.2, 0.25) is 0 Å². The Labute approximate surface area is 213 Å². The standard InChI is InChI=1S/C29H24N6O2/c1-18(33-27-24(31-2)17-32-29(30)34-27)25-16-20-10-8-14-23(19-9-7-13-22(15-19)37-3)26(20)28(36)35(25)21-11-5-4-6-12-21/h4-18H,1,3H3,(H3,30,32,33,34)/t18-/m0/s1. The summed E-state index contributed by atoms with van der Waals surface area (Å²) in [4.78, 5) is 25.9. The number of benzene rings is 3. The minimum atomic E-state index is -0.396. The maximum atomic E-state index is 14.2. The number of nitrogen functional groups attached to an aromatic ring is 1. The predicted octanol–water partition coefficient (Wildman–Crippen LogP) is 5.76. The van der Waals surface area contributed by atoms with Gasteiger partial charge in [-0.25, -0.2) is 14.8 Å². The van der Waals surface area contributed by atoms with Crippen molar-refractivity contribution in [2.24, 2.45) is 0 Å². The van der Waals surface area contributed by atoms with Crippen molar-refractivity contribution in [3.8, 4) is 22.6 Å². The second kappa shape index (κ2) is 9.84. The Hall–Kier alpha value is -5.16. The molecule has 0 saturated heterocycles. The van der Waals surface area contributed by atoms with Gasteiger partial charge in [-0.2, -0.15) is 0 Å². The number of nitrogens with zero attached hydrogens (tertiary/aromatic N) is 4. The fraction of sp³-hybridized carbons (Fsp3) is 0.103. The summed E-state index contributed by atoms with van der Waals surface area (Å²) in [6, 6.07) is 24.6. The number of aromatic nitrogens is 3. The van der Waals surface area contributed by atoms with Crippen LogP contribution in [-0.4, -0.2) is 21.6 Å². The van der Waals surface area contributed by atoms with Crippen molar-refractivity contribution < 1.29 is 4.74 Å². The van der Waals surface area contributed by atoms with Gasteiger partial charge in [0.2, 0.25) is 11.6 Å². The van der Waals surface area contributed by atoms with Crippen molar-refractivity contribution in [2.45, 2.75) is 13.0 Å². The minimum Gasteiger partial charge on any atom is -0.497 e. The molecule has 8 heteroatoms. The molecule has 0 aliphatic heterocycles. The van der Waals surface area contributed by atoms with Gasteiger partial charge in [0.15, 0.2) is 0 Å². The second-order valence-corrected chi connectivity index (χ2v) is 8.49. The van der Waals surface area contributed by atoms with Gasteiger partial charge in [0.25, 0.3) is 5.56 Å². The Balaban J connectivity index is 1.74. The number of nitrogens with one attached hydrogen (secondary N) is 1. The Morgan fingerprint density at radius 2 is 1.84 bits per heavy atom. The summed E-state index contributed by atoms with van der Waals surface area (Å²) in [6.45, 7) is 9.37. The molecule has 0 aliphatic rings. The number of nitrogens with two attached hydrogens (primary N) is 1. The maximum absolute atomic E-state index is 14.2. The van der Waals surface area contributed by atoms with Crippen LogP contribution >= 0.6 is 0 Å². The summed E-state index contributed by atoms with van der Waals surface area (Å²) in [7, 11) is 1.62.